The number of amides is 2. The van der Waals surface area contributed by atoms with Crippen molar-refractivity contribution in [3.8, 4) is 0 Å². The molecule has 6 heteroatoms. The Balaban J connectivity index is 1.90. The molecule has 3 rings (SSSR count). The van der Waals surface area contributed by atoms with E-state index < -0.39 is 11.8 Å². The molecule has 0 saturated carbocycles. The molecule has 4 nitrogen and oxygen atoms in total. The van der Waals surface area contributed by atoms with Crippen molar-refractivity contribution >= 4 is 46.4 Å². The van der Waals surface area contributed by atoms with Crippen molar-refractivity contribution in [2.75, 3.05) is 4.90 Å². The third-order valence-corrected chi connectivity index (χ3v) is 4.11. The predicted octanol–water partition coefficient (Wildman–Crippen LogP) is 3.26. The van der Waals surface area contributed by atoms with Crippen LogP contribution < -0.4 is 10.2 Å². The minimum atomic E-state index is -0.480. The van der Waals surface area contributed by atoms with Gasteiger partial charge in [-0.1, -0.05) is 48.0 Å². The van der Waals surface area contributed by atoms with Gasteiger partial charge in [-0.25, -0.2) is 0 Å². The van der Waals surface area contributed by atoms with E-state index in [2.05, 4.69) is 5.32 Å². The topological polar surface area (TPSA) is 49.4 Å². The summed E-state index contributed by atoms with van der Waals surface area (Å²) in [6, 6.07) is 16.3. The molecule has 2 aromatic rings. The van der Waals surface area contributed by atoms with E-state index >= 15 is 0 Å². The fraction of sp³-hybridized carbons (Fsp3) is 0.0556. The van der Waals surface area contributed by atoms with Crippen LogP contribution in [0.25, 0.3) is 0 Å². The first-order valence-corrected chi connectivity index (χ1v) is 8.04. The van der Waals surface area contributed by atoms with Crippen LogP contribution in [0.15, 0.2) is 66.2 Å². The van der Waals surface area contributed by atoms with Crippen LogP contribution in [0.1, 0.15) is 5.56 Å². The first-order chi connectivity index (χ1) is 11.6. The summed E-state index contributed by atoms with van der Waals surface area (Å²) in [6.45, 7) is 0. The molecule has 0 spiro atoms. The second-order valence-corrected chi connectivity index (χ2v) is 6.01. The quantitative estimate of drug-likeness (QED) is 0.521. The number of rotatable bonds is 3. The van der Waals surface area contributed by atoms with Crippen LogP contribution in [0.2, 0.25) is 5.02 Å². The summed E-state index contributed by atoms with van der Waals surface area (Å²) >= 11 is 11.0. The van der Waals surface area contributed by atoms with Gasteiger partial charge in [0.2, 0.25) is 0 Å². The van der Waals surface area contributed by atoms with E-state index in [1.165, 1.54) is 4.90 Å². The van der Waals surface area contributed by atoms with Gasteiger partial charge in [-0.05, 0) is 48.5 Å². The van der Waals surface area contributed by atoms with E-state index in [1.807, 2.05) is 30.3 Å². The van der Waals surface area contributed by atoms with Gasteiger partial charge in [0, 0.05) is 5.02 Å². The molecule has 1 heterocycles. The monoisotopic (exact) mass is 356 g/mol. The van der Waals surface area contributed by atoms with Gasteiger partial charge in [-0.15, -0.1) is 0 Å². The maximum absolute atomic E-state index is 12.7. The number of thiocarbonyl (C=S) groups is 1. The van der Waals surface area contributed by atoms with Crippen LogP contribution >= 0.6 is 23.8 Å². The SMILES string of the molecule is O=C1NC(=S)N(c2ccc(Cl)cc2)C(=O)/C1=C/Cc1ccccc1. The van der Waals surface area contributed by atoms with Crippen molar-refractivity contribution in [2.45, 2.75) is 6.42 Å². The van der Waals surface area contributed by atoms with Crippen molar-refractivity contribution < 1.29 is 9.59 Å². The Hall–Kier alpha value is -2.50. The first kappa shape index (κ1) is 16.4. The fourth-order valence-electron chi connectivity index (χ4n) is 2.37. The lowest BCUT2D eigenvalue weighted by Gasteiger charge is -2.29. The maximum Gasteiger partial charge on any atom is 0.269 e. The van der Waals surface area contributed by atoms with E-state index in [-0.39, 0.29) is 10.7 Å². The minimum Gasteiger partial charge on any atom is -0.298 e. The average Bonchev–Trinajstić information content (AvgIpc) is 2.57. The average molecular weight is 357 g/mol. The molecule has 0 unspecified atom stereocenters. The second kappa shape index (κ2) is 6.95. The lowest BCUT2D eigenvalue weighted by molar-refractivity contribution is -0.122. The molecule has 120 valence electrons. The first-order valence-electron chi connectivity index (χ1n) is 7.25. The van der Waals surface area contributed by atoms with Crippen molar-refractivity contribution in [1.82, 2.24) is 5.32 Å². The lowest BCUT2D eigenvalue weighted by Crippen LogP contribution is -2.54. The molecule has 0 aromatic heterocycles. The third kappa shape index (κ3) is 3.37. The Morgan fingerprint density at radius 1 is 1.04 bits per heavy atom. The van der Waals surface area contributed by atoms with Gasteiger partial charge in [0.15, 0.2) is 5.11 Å². The second-order valence-electron chi connectivity index (χ2n) is 5.18. The van der Waals surface area contributed by atoms with Crippen molar-refractivity contribution in [3.63, 3.8) is 0 Å². The van der Waals surface area contributed by atoms with Gasteiger partial charge in [-0.3, -0.25) is 19.8 Å². The number of halogens is 1. The number of anilines is 1. The molecule has 2 amide bonds. The minimum absolute atomic E-state index is 0.0594. The number of allylic oxidation sites excluding steroid dienone is 1. The number of hydrogen-bond acceptors (Lipinski definition) is 3. The highest BCUT2D eigenvalue weighted by Crippen LogP contribution is 2.22. The summed E-state index contributed by atoms with van der Waals surface area (Å²) in [4.78, 5) is 26.2. The number of hydrogen-bond donors (Lipinski definition) is 1. The Morgan fingerprint density at radius 2 is 1.71 bits per heavy atom. The largest absolute Gasteiger partial charge is 0.298 e. The van der Waals surface area contributed by atoms with E-state index in [9.17, 15) is 9.59 Å². The highest BCUT2D eigenvalue weighted by Gasteiger charge is 2.34. The summed E-state index contributed by atoms with van der Waals surface area (Å²) in [5, 5.41) is 3.17. The van der Waals surface area contributed by atoms with Gasteiger partial charge in [0.05, 0.1) is 5.69 Å². The van der Waals surface area contributed by atoms with Crippen molar-refractivity contribution in [3.05, 3.63) is 76.8 Å². The molecule has 2 aromatic carbocycles. The molecule has 1 fully saturated rings. The molecule has 1 aliphatic rings. The summed E-state index contributed by atoms with van der Waals surface area (Å²) in [5.41, 5.74) is 1.64. The molecule has 1 aliphatic heterocycles. The lowest BCUT2D eigenvalue weighted by atomic mass is 10.1. The summed E-state index contributed by atoms with van der Waals surface area (Å²) in [7, 11) is 0. The highest BCUT2D eigenvalue weighted by atomic mass is 35.5. The van der Waals surface area contributed by atoms with Gasteiger partial charge >= 0.3 is 0 Å². The van der Waals surface area contributed by atoms with Gasteiger partial charge in [-0.2, -0.15) is 0 Å². The standard InChI is InChI=1S/C18H13ClN2O2S/c19-13-7-9-14(10-8-13)21-17(23)15(16(22)20-18(21)24)11-6-12-4-2-1-3-5-12/h1-5,7-11H,6H2,(H,20,22,24)/b15-11+. The van der Waals surface area contributed by atoms with Gasteiger partial charge in [0.1, 0.15) is 5.57 Å². The Kier molecular flexibility index (Phi) is 4.74. The van der Waals surface area contributed by atoms with Crippen LogP contribution in [0.4, 0.5) is 5.69 Å². The number of benzene rings is 2. The third-order valence-electron chi connectivity index (χ3n) is 3.57. The van der Waals surface area contributed by atoms with Crippen LogP contribution in [0, 0.1) is 0 Å². The normalized spacial score (nSPS) is 16.5. The summed E-state index contributed by atoms with van der Waals surface area (Å²) in [6.07, 6.45) is 2.11. The molecule has 0 bridgehead atoms. The van der Waals surface area contributed by atoms with Crippen LogP contribution in [0.5, 0.6) is 0 Å². The highest BCUT2D eigenvalue weighted by molar-refractivity contribution is 7.80. The smallest absolute Gasteiger partial charge is 0.269 e. The molecule has 1 N–H and O–H groups in total. The van der Waals surface area contributed by atoms with E-state index in [0.29, 0.717) is 17.1 Å². The van der Waals surface area contributed by atoms with Gasteiger partial charge in [0.25, 0.3) is 11.8 Å². The zero-order valence-electron chi connectivity index (χ0n) is 12.5. The zero-order chi connectivity index (χ0) is 17.1. The Bertz CT molecular complexity index is 832. The zero-order valence-corrected chi connectivity index (χ0v) is 14.1. The Labute approximate surface area is 149 Å². The van der Waals surface area contributed by atoms with Crippen LogP contribution in [0.3, 0.4) is 0 Å². The van der Waals surface area contributed by atoms with E-state index in [1.54, 1.807) is 30.3 Å². The summed E-state index contributed by atoms with van der Waals surface area (Å²) in [5.74, 6) is -0.923. The van der Waals surface area contributed by atoms with Crippen LogP contribution in [-0.2, 0) is 16.0 Å². The summed E-state index contributed by atoms with van der Waals surface area (Å²) < 4.78 is 0. The number of nitrogens with zero attached hydrogens (tertiary/aromatic N) is 1. The molecule has 0 radical (unpaired) electrons. The van der Waals surface area contributed by atoms with E-state index in [0.717, 1.165) is 5.56 Å². The number of nitrogens with one attached hydrogen (secondary N) is 1. The fourth-order valence-corrected chi connectivity index (χ4v) is 2.78. The van der Waals surface area contributed by atoms with Crippen LogP contribution in [-0.4, -0.2) is 16.9 Å². The van der Waals surface area contributed by atoms with Crippen molar-refractivity contribution in [1.29, 1.82) is 0 Å². The molecular formula is C18H13ClN2O2S. The molecule has 0 aliphatic carbocycles. The molecule has 1 saturated heterocycles. The van der Waals surface area contributed by atoms with E-state index in [4.69, 9.17) is 23.8 Å². The maximum atomic E-state index is 12.7. The predicted molar refractivity (Wildman–Crippen MR) is 97.9 cm³/mol. The number of carbonyl (C=O) groups excluding carboxylic acids is 2. The molecule has 24 heavy (non-hydrogen) atoms. The Morgan fingerprint density at radius 3 is 2.38 bits per heavy atom. The molecule has 0 atom stereocenters. The van der Waals surface area contributed by atoms with Crippen molar-refractivity contribution in [2.24, 2.45) is 0 Å². The number of carbonyl (C=O) groups is 2. The molecular weight excluding hydrogens is 344 g/mol. The van der Waals surface area contributed by atoms with Gasteiger partial charge < -0.3 is 0 Å².